The molecule has 2 aromatic carbocycles. The molecule has 2 aromatic rings. The van der Waals surface area contributed by atoms with Crippen molar-refractivity contribution in [1.29, 1.82) is 0 Å². The Labute approximate surface area is 194 Å². The number of nitrogens with one attached hydrogen (secondary N) is 1. The van der Waals surface area contributed by atoms with Gasteiger partial charge in [-0.1, -0.05) is 45.7 Å². The van der Waals surface area contributed by atoms with E-state index in [0.29, 0.717) is 17.1 Å². The minimum Gasteiger partial charge on any atom is -0.352 e. The van der Waals surface area contributed by atoms with E-state index in [0.717, 1.165) is 10.0 Å². The molecule has 0 bridgehead atoms. The van der Waals surface area contributed by atoms with Crippen molar-refractivity contribution in [3.05, 3.63) is 68.9 Å². The van der Waals surface area contributed by atoms with E-state index >= 15 is 0 Å². The summed E-state index contributed by atoms with van der Waals surface area (Å²) in [5, 5.41) is 3.19. The van der Waals surface area contributed by atoms with Gasteiger partial charge in [0.05, 0.1) is 5.75 Å². The van der Waals surface area contributed by atoms with Crippen molar-refractivity contribution in [2.75, 3.05) is 5.75 Å². The first-order chi connectivity index (χ1) is 14.2. The van der Waals surface area contributed by atoms with Gasteiger partial charge >= 0.3 is 0 Å². The van der Waals surface area contributed by atoms with Gasteiger partial charge in [-0.05, 0) is 50.6 Å². The molecule has 0 aromatic heterocycles. The van der Waals surface area contributed by atoms with Crippen molar-refractivity contribution in [1.82, 2.24) is 10.2 Å². The molecule has 0 radical (unpaired) electrons. The average Bonchev–Trinajstić information content (AvgIpc) is 2.68. The van der Waals surface area contributed by atoms with Gasteiger partial charge in [0.1, 0.15) is 11.9 Å². The van der Waals surface area contributed by atoms with Crippen molar-refractivity contribution in [3.63, 3.8) is 0 Å². The molecule has 0 unspecified atom stereocenters. The predicted octanol–water partition coefficient (Wildman–Crippen LogP) is 5.42. The molecule has 0 aliphatic rings. The molecule has 0 heterocycles. The Kier molecular flexibility index (Phi) is 9.65. The molecule has 4 nitrogen and oxygen atoms in total. The van der Waals surface area contributed by atoms with Crippen LogP contribution >= 0.6 is 39.3 Å². The van der Waals surface area contributed by atoms with Crippen molar-refractivity contribution in [2.45, 2.75) is 45.2 Å². The Balaban J connectivity index is 2.10. The molecule has 2 rings (SSSR count). The Morgan fingerprint density at radius 3 is 2.43 bits per heavy atom. The lowest BCUT2D eigenvalue weighted by Crippen LogP contribution is -2.49. The molecule has 0 aliphatic carbocycles. The Bertz CT molecular complexity index is 860. The van der Waals surface area contributed by atoms with E-state index in [9.17, 15) is 14.0 Å². The van der Waals surface area contributed by atoms with E-state index in [1.165, 1.54) is 17.8 Å². The first-order valence-electron chi connectivity index (χ1n) is 9.54. The van der Waals surface area contributed by atoms with Crippen LogP contribution < -0.4 is 5.32 Å². The van der Waals surface area contributed by atoms with Gasteiger partial charge in [-0.3, -0.25) is 9.59 Å². The summed E-state index contributed by atoms with van der Waals surface area (Å²) in [6, 6.07) is 11.5. The van der Waals surface area contributed by atoms with E-state index in [-0.39, 0.29) is 35.2 Å². The summed E-state index contributed by atoms with van der Waals surface area (Å²) in [4.78, 5) is 27.1. The highest BCUT2D eigenvalue weighted by Gasteiger charge is 2.26. The zero-order chi connectivity index (χ0) is 22.3. The third-order valence-corrected chi connectivity index (χ3v) is 6.22. The normalized spacial score (nSPS) is 12.0. The number of hydrogen-bond acceptors (Lipinski definition) is 3. The molecule has 0 saturated heterocycles. The molecule has 0 fully saturated rings. The molecule has 162 valence electrons. The topological polar surface area (TPSA) is 49.4 Å². The fourth-order valence-corrected chi connectivity index (χ4v) is 4.28. The summed E-state index contributed by atoms with van der Waals surface area (Å²) in [5.74, 6) is -0.408. The van der Waals surface area contributed by atoms with Crippen molar-refractivity contribution < 1.29 is 14.0 Å². The zero-order valence-electron chi connectivity index (χ0n) is 17.1. The largest absolute Gasteiger partial charge is 0.352 e. The second kappa shape index (κ2) is 11.7. The van der Waals surface area contributed by atoms with Gasteiger partial charge in [0.2, 0.25) is 11.8 Å². The van der Waals surface area contributed by atoms with Crippen LogP contribution in [0.1, 0.15) is 31.9 Å². The van der Waals surface area contributed by atoms with Gasteiger partial charge in [-0.25, -0.2) is 4.39 Å². The summed E-state index contributed by atoms with van der Waals surface area (Å²) >= 11 is 10.7. The summed E-state index contributed by atoms with van der Waals surface area (Å²) < 4.78 is 14.9. The smallest absolute Gasteiger partial charge is 0.242 e. The highest BCUT2D eigenvalue weighted by atomic mass is 79.9. The number of carbonyl (C=O) groups excluding carboxylic acids is 2. The van der Waals surface area contributed by atoms with Crippen LogP contribution in [0.3, 0.4) is 0 Å². The van der Waals surface area contributed by atoms with Crippen molar-refractivity contribution >= 4 is 51.1 Å². The molecule has 0 spiro atoms. The fourth-order valence-electron chi connectivity index (χ4n) is 2.77. The maximum absolute atomic E-state index is 14.0. The van der Waals surface area contributed by atoms with E-state index in [4.69, 9.17) is 11.6 Å². The predicted molar refractivity (Wildman–Crippen MR) is 125 cm³/mol. The third-order valence-electron chi connectivity index (χ3n) is 4.40. The van der Waals surface area contributed by atoms with Crippen LogP contribution in [0.5, 0.6) is 0 Å². The van der Waals surface area contributed by atoms with Gasteiger partial charge in [0.25, 0.3) is 0 Å². The Morgan fingerprint density at radius 2 is 1.83 bits per heavy atom. The summed E-state index contributed by atoms with van der Waals surface area (Å²) in [6.07, 6.45) is 0. The molecule has 1 atom stereocenters. The summed E-state index contributed by atoms with van der Waals surface area (Å²) in [7, 11) is 0. The van der Waals surface area contributed by atoms with Crippen LogP contribution in [0.4, 0.5) is 4.39 Å². The number of halogens is 3. The van der Waals surface area contributed by atoms with Gasteiger partial charge in [-0.15, -0.1) is 11.8 Å². The number of amides is 2. The average molecular weight is 516 g/mol. The van der Waals surface area contributed by atoms with E-state index in [2.05, 4.69) is 21.2 Å². The number of carbonyl (C=O) groups is 2. The minimum atomic E-state index is -0.638. The first kappa shape index (κ1) is 24.7. The number of nitrogens with zero attached hydrogens (tertiary/aromatic N) is 1. The fraction of sp³-hybridized carbons (Fsp3) is 0.364. The van der Waals surface area contributed by atoms with Gasteiger partial charge in [-0.2, -0.15) is 0 Å². The van der Waals surface area contributed by atoms with Crippen LogP contribution in [0, 0.1) is 5.82 Å². The Hall–Kier alpha value is -1.57. The maximum atomic E-state index is 14.0. The molecule has 0 saturated carbocycles. The lowest BCUT2D eigenvalue weighted by molar-refractivity contribution is -0.138. The number of thioether (sulfide) groups is 1. The number of rotatable bonds is 9. The van der Waals surface area contributed by atoms with Crippen LogP contribution in [-0.4, -0.2) is 34.6 Å². The lowest BCUT2D eigenvalue weighted by atomic mass is 10.1. The molecule has 2 amide bonds. The Morgan fingerprint density at radius 1 is 1.17 bits per heavy atom. The summed E-state index contributed by atoms with van der Waals surface area (Å²) in [5.41, 5.74) is 1.29. The quantitative estimate of drug-likeness (QED) is 0.485. The second-order valence-electron chi connectivity index (χ2n) is 7.18. The molecule has 0 aliphatic heterocycles. The molecular weight excluding hydrogens is 491 g/mol. The minimum absolute atomic E-state index is 0.0258. The molecule has 8 heteroatoms. The number of hydrogen-bond donors (Lipinski definition) is 1. The maximum Gasteiger partial charge on any atom is 0.242 e. The lowest BCUT2D eigenvalue weighted by Gasteiger charge is -2.29. The van der Waals surface area contributed by atoms with E-state index in [1.54, 1.807) is 24.0 Å². The van der Waals surface area contributed by atoms with Gasteiger partial charge in [0, 0.05) is 33.4 Å². The van der Waals surface area contributed by atoms with Gasteiger partial charge in [0.15, 0.2) is 0 Å². The number of benzene rings is 2. The van der Waals surface area contributed by atoms with Crippen LogP contribution in [0.2, 0.25) is 5.02 Å². The van der Waals surface area contributed by atoms with E-state index in [1.807, 2.05) is 38.1 Å². The van der Waals surface area contributed by atoms with E-state index < -0.39 is 6.04 Å². The highest BCUT2D eigenvalue weighted by Crippen LogP contribution is 2.24. The standard InChI is InChI=1S/C22H25BrClFN2O2S/c1-14(2)26-22(29)15(3)27(11-16-7-9-17(23)10-8-16)21(28)13-30-12-18-19(24)5-4-6-20(18)25/h4-10,14-15H,11-13H2,1-3H3,(H,26,29)/t15-/m1/s1. The summed E-state index contributed by atoms with van der Waals surface area (Å²) in [6.45, 7) is 5.77. The van der Waals surface area contributed by atoms with Crippen LogP contribution in [0.15, 0.2) is 46.9 Å². The van der Waals surface area contributed by atoms with Crippen LogP contribution in [0.25, 0.3) is 0 Å². The zero-order valence-corrected chi connectivity index (χ0v) is 20.3. The van der Waals surface area contributed by atoms with Crippen molar-refractivity contribution in [2.24, 2.45) is 0 Å². The second-order valence-corrected chi connectivity index (χ2v) is 9.49. The SMILES string of the molecule is CC(C)NC(=O)[C@@H](C)N(Cc1ccc(Br)cc1)C(=O)CSCc1c(F)cccc1Cl. The molecular formula is C22H25BrClFN2O2S. The third kappa shape index (κ3) is 7.29. The molecule has 1 N–H and O–H groups in total. The van der Waals surface area contributed by atoms with Crippen molar-refractivity contribution in [3.8, 4) is 0 Å². The first-order valence-corrected chi connectivity index (χ1v) is 11.9. The monoisotopic (exact) mass is 514 g/mol. The van der Waals surface area contributed by atoms with Gasteiger partial charge < -0.3 is 10.2 Å². The molecule has 30 heavy (non-hydrogen) atoms. The van der Waals surface area contributed by atoms with Crippen LogP contribution in [-0.2, 0) is 21.9 Å². The highest BCUT2D eigenvalue weighted by molar-refractivity contribution is 9.10.